The van der Waals surface area contributed by atoms with E-state index in [1.54, 1.807) is 18.2 Å². The second kappa shape index (κ2) is 9.08. The molecule has 1 amide bonds. The van der Waals surface area contributed by atoms with Crippen LogP contribution >= 0.6 is 0 Å². The average molecular weight is 413 g/mol. The predicted molar refractivity (Wildman–Crippen MR) is 113 cm³/mol. The van der Waals surface area contributed by atoms with Crippen molar-refractivity contribution in [2.75, 3.05) is 33.2 Å². The third-order valence-corrected chi connectivity index (χ3v) is 6.35. The number of amides is 1. The number of hydrogen-bond donors (Lipinski definition) is 1. The van der Waals surface area contributed by atoms with Gasteiger partial charge in [-0.05, 0) is 63.5 Å². The highest BCUT2D eigenvalue weighted by molar-refractivity contribution is 5.79. The molecule has 1 N–H and O–H groups in total. The van der Waals surface area contributed by atoms with E-state index in [0.29, 0.717) is 13.1 Å². The van der Waals surface area contributed by atoms with Crippen molar-refractivity contribution < 1.29 is 9.18 Å². The predicted octanol–water partition coefficient (Wildman–Crippen LogP) is 2.67. The lowest BCUT2D eigenvalue weighted by molar-refractivity contribution is -0.131. The van der Waals surface area contributed by atoms with E-state index < -0.39 is 0 Å². The van der Waals surface area contributed by atoms with Crippen LogP contribution in [-0.2, 0) is 11.2 Å². The van der Waals surface area contributed by atoms with Gasteiger partial charge in [0.2, 0.25) is 5.91 Å². The first-order valence-corrected chi connectivity index (χ1v) is 10.8. The highest BCUT2D eigenvalue weighted by Crippen LogP contribution is 2.28. The van der Waals surface area contributed by atoms with Gasteiger partial charge in [-0.1, -0.05) is 12.1 Å². The molecule has 1 atom stereocenters. The van der Waals surface area contributed by atoms with Crippen molar-refractivity contribution in [3.05, 3.63) is 63.6 Å². The van der Waals surface area contributed by atoms with E-state index >= 15 is 0 Å². The van der Waals surface area contributed by atoms with Crippen molar-refractivity contribution in [1.82, 2.24) is 19.8 Å². The average Bonchev–Trinajstić information content (AvgIpc) is 2.75. The third-order valence-electron chi connectivity index (χ3n) is 6.35. The van der Waals surface area contributed by atoms with Crippen LogP contribution in [0.3, 0.4) is 0 Å². The number of nitrogens with zero attached hydrogens (tertiary/aromatic N) is 3. The summed E-state index contributed by atoms with van der Waals surface area (Å²) in [6, 6.07) is 7.66. The van der Waals surface area contributed by atoms with Gasteiger partial charge < -0.3 is 14.8 Å². The van der Waals surface area contributed by atoms with Crippen LogP contribution < -0.4 is 5.56 Å². The number of H-pyrrole nitrogens is 1. The summed E-state index contributed by atoms with van der Waals surface area (Å²) in [5.74, 6) is 0.883. The third kappa shape index (κ3) is 4.95. The number of benzene rings is 1. The lowest BCUT2D eigenvalue weighted by atomic mass is 9.92. The van der Waals surface area contributed by atoms with Crippen LogP contribution in [0.1, 0.15) is 54.6 Å². The van der Waals surface area contributed by atoms with Gasteiger partial charge >= 0.3 is 0 Å². The topological polar surface area (TPSA) is 69.3 Å². The summed E-state index contributed by atoms with van der Waals surface area (Å²) in [5, 5.41) is 0. The van der Waals surface area contributed by atoms with Crippen LogP contribution in [0.5, 0.6) is 0 Å². The molecule has 6 nitrogen and oxygen atoms in total. The number of piperidine rings is 2. The lowest BCUT2D eigenvalue weighted by Crippen LogP contribution is -2.40. The Labute approximate surface area is 176 Å². The van der Waals surface area contributed by atoms with Crippen molar-refractivity contribution in [2.24, 2.45) is 0 Å². The largest absolute Gasteiger partial charge is 0.342 e. The number of nitrogens with one attached hydrogen (secondary N) is 1. The number of carbonyl (C=O) groups is 1. The van der Waals surface area contributed by atoms with Crippen LogP contribution in [-0.4, -0.2) is 58.9 Å². The second-order valence-electron chi connectivity index (χ2n) is 8.62. The summed E-state index contributed by atoms with van der Waals surface area (Å²) in [5.41, 5.74) is 1.50. The molecule has 1 aromatic carbocycles. The molecule has 2 saturated heterocycles. The smallest absolute Gasteiger partial charge is 0.251 e. The number of aromatic amines is 1. The molecule has 1 aromatic heterocycles. The molecule has 160 valence electrons. The van der Waals surface area contributed by atoms with Crippen LogP contribution in [0.15, 0.2) is 35.1 Å². The molecule has 0 saturated carbocycles. The standard InChI is InChI=1S/C23H29FN4O2/c1-27-11-8-17(9-12-27)23-25-20(14-21(29)26-23)18-3-2-10-28(15-18)22(30)13-16-4-6-19(24)7-5-16/h4-7,14,17-18H,2-3,8-13,15H2,1H3,(H,25,26,29)/t18-/m1/s1. The van der Waals surface area contributed by atoms with Gasteiger partial charge in [-0.25, -0.2) is 9.37 Å². The van der Waals surface area contributed by atoms with E-state index in [9.17, 15) is 14.0 Å². The minimum absolute atomic E-state index is 0.0340. The van der Waals surface area contributed by atoms with Gasteiger partial charge in [-0.15, -0.1) is 0 Å². The van der Waals surface area contributed by atoms with Crippen LogP contribution in [0.4, 0.5) is 4.39 Å². The number of rotatable bonds is 4. The van der Waals surface area contributed by atoms with Gasteiger partial charge in [0.05, 0.1) is 12.1 Å². The van der Waals surface area contributed by atoms with E-state index in [2.05, 4.69) is 16.9 Å². The zero-order valence-corrected chi connectivity index (χ0v) is 17.4. The van der Waals surface area contributed by atoms with Gasteiger partial charge in [0.15, 0.2) is 0 Å². The van der Waals surface area contributed by atoms with Crippen LogP contribution in [0, 0.1) is 5.82 Å². The van der Waals surface area contributed by atoms with Crippen molar-refractivity contribution in [1.29, 1.82) is 0 Å². The fourth-order valence-corrected chi connectivity index (χ4v) is 4.51. The molecule has 7 heteroatoms. The number of halogens is 1. The fraction of sp³-hybridized carbons (Fsp3) is 0.522. The highest BCUT2D eigenvalue weighted by atomic mass is 19.1. The van der Waals surface area contributed by atoms with Gasteiger partial charge in [0.1, 0.15) is 11.6 Å². The summed E-state index contributed by atoms with van der Waals surface area (Å²) >= 11 is 0. The number of aromatic nitrogens is 2. The summed E-state index contributed by atoms with van der Waals surface area (Å²) < 4.78 is 13.1. The van der Waals surface area contributed by atoms with E-state index in [1.807, 2.05) is 4.90 Å². The van der Waals surface area contributed by atoms with E-state index in [0.717, 1.165) is 55.9 Å². The maximum atomic E-state index is 13.1. The Morgan fingerprint density at radius 2 is 1.87 bits per heavy atom. The minimum Gasteiger partial charge on any atom is -0.342 e. The molecule has 3 heterocycles. The summed E-state index contributed by atoms with van der Waals surface area (Å²) in [4.78, 5) is 37.0. The van der Waals surface area contributed by atoms with Gasteiger partial charge in [-0.2, -0.15) is 0 Å². The molecule has 4 rings (SSSR count). The summed E-state index contributed by atoms with van der Waals surface area (Å²) in [6.07, 6.45) is 4.06. The molecule has 0 radical (unpaired) electrons. The monoisotopic (exact) mass is 412 g/mol. The van der Waals surface area contributed by atoms with Crippen LogP contribution in [0.2, 0.25) is 0 Å². The van der Waals surface area contributed by atoms with E-state index in [-0.39, 0.29) is 35.5 Å². The summed E-state index contributed by atoms with van der Waals surface area (Å²) in [7, 11) is 2.11. The molecular formula is C23H29FN4O2. The molecule has 0 bridgehead atoms. The molecule has 0 aliphatic carbocycles. The zero-order chi connectivity index (χ0) is 21.1. The first kappa shape index (κ1) is 20.7. The molecule has 2 fully saturated rings. The van der Waals surface area contributed by atoms with Gasteiger partial charge in [-0.3, -0.25) is 9.59 Å². The second-order valence-corrected chi connectivity index (χ2v) is 8.62. The summed E-state index contributed by atoms with van der Waals surface area (Å²) in [6.45, 7) is 3.30. The van der Waals surface area contributed by atoms with E-state index in [1.165, 1.54) is 12.1 Å². The zero-order valence-electron chi connectivity index (χ0n) is 17.4. The SMILES string of the molecule is CN1CCC(c2nc([C@@H]3CCCN(C(=O)Cc4ccc(F)cc4)C3)cc(=O)[nH]2)CC1. The van der Waals surface area contributed by atoms with Crippen molar-refractivity contribution in [2.45, 2.75) is 43.9 Å². The lowest BCUT2D eigenvalue weighted by Gasteiger charge is -2.33. The minimum atomic E-state index is -0.301. The van der Waals surface area contributed by atoms with E-state index in [4.69, 9.17) is 4.98 Å². The molecule has 0 spiro atoms. The first-order chi connectivity index (χ1) is 14.5. The van der Waals surface area contributed by atoms with Crippen molar-refractivity contribution in [3.63, 3.8) is 0 Å². The molecule has 0 unspecified atom stereocenters. The first-order valence-electron chi connectivity index (χ1n) is 10.8. The van der Waals surface area contributed by atoms with Crippen molar-refractivity contribution >= 4 is 5.91 Å². The van der Waals surface area contributed by atoms with Gasteiger partial charge in [0, 0.05) is 31.0 Å². The Bertz CT molecular complexity index is 935. The Morgan fingerprint density at radius 3 is 2.60 bits per heavy atom. The van der Waals surface area contributed by atoms with Crippen molar-refractivity contribution in [3.8, 4) is 0 Å². The fourth-order valence-electron chi connectivity index (χ4n) is 4.51. The number of likely N-dealkylation sites (tertiary alicyclic amines) is 2. The Balaban J connectivity index is 1.45. The maximum absolute atomic E-state index is 13.1. The Morgan fingerprint density at radius 1 is 1.13 bits per heavy atom. The quantitative estimate of drug-likeness (QED) is 0.838. The number of carbonyl (C=O) groups excluding carboxylic acids is 1. The molecule has 2 aliphatic heterocycles. The number of hydrogen-bond acceptors (Lipinski definition) is 4. The Hall–Kier alpha value is -2.54. The highest BCUT2D eigenvalue weighted by Gasteiger charge is 2.27. The Kier molecular flexibility index (Phi) is 6.27. The normalized spacial score (nSPS) is 21.0. The van der Waals surface area contributed by atoms with Gasteiger partial charge in [0.25, 0.3) is 5.56 Å². The maximum Gasteiger partial charge on any atom is 0.251 e. The molecular weight excluding hydrogens is 383 g/mol. The molecule has 2 aromatic rings. The van der Waals surface area contributed by atoms with Crippen LogP contribution in [0.25, 0.3) is 0 Å². The molecule has 30 heavy (non-hydrogen) atoms. The molecule has 2 aliphatic rings.